The first-order valence-electron chi connectivity index (χ1n) is 8.14. The maximum Gasteiger partial charge on any atom is 0.161 e. The minimum absolute atomic E-state index is 0.0872. The fourth-order valence-corrected chi connectivity index (χ4v) is 2.74. The zero-order valence-electron chi connectivity index (χ0n) is 13.8. The molecule has 1 aromatic rings. The summed E-state index contributed by atoms with van der Waals surface area (Å²) in [6.07, 6.45) is 3.18. The molecular formula is C18H29NO2. The third-order valence-corrected chi connectivity index (χ3v) is 4.30. The van der Waals surface area contributed by atoms with Crippen LogP contribution >= 0.6 is 0 Å². The van der Waals surface area contributed by atoms with E-state index in [4.69, 9.17) is 15.2 Å². The van der Waals surface area contributed by atoms with Crippen LogP contribution in [0.1, 0.15) is 58.6 Å². The van der Waals surface area contributed by atoms with E-state index in [1.54, 1.807) is 0 Å². The SMILES string of the molecule is CCCOc1ccc(C(N)C2CC2(C)C)cc1OCCC. The Morgan fingerprint density at radius 1 is 1.14 bits per heavy atom. The quantitative estimate of drug-likeness (QED) is 0.776. The molecule has 1 aliphatic carbocycles. The van der Waals surface area contributed by atoms with Gasteiger partial charge in [0.25, 0.3) is 0 Å². The van der Waals surface area contributed by atoms with Crippen LogP contribution in [0.15, 0.2) is 18.2 Å². The summed E-state index contributed by atoms with van der Waals surface area (Å²) < 4.78 is 11.6. The van der Waals surface area contributed by atoms with Crippen LogP contribution in [0, 0.1) is 11.3 Å². The third kappa shape index (κ3) is 3.91. The predicted molar refractivity (Wildman–Crippen MR) is 86.8 cm³/mol. The van der Waals surface area contributed by atoms with Gasteiger partial charge in [0.15, 0.2) is 11.5 Å². The highest BCUT2D eigenvalue weighted by Crippen LogP contribution is 2.57. The Labute approximate surface area is 128 Å². The van der Waals surface area contributed by atoms with Crippen LogP contribution in [-0.2, 0) is 0 Å². The van der Waals surface area contributed by atoms with E-state index in [2.05, 4.69) is 39.8 Å². The van der Waals surface area contributed by atoms with Gasteiger partial charge in [-0.3, -0.25) is 0 Å². The Balaban J connectivity index is 2.15. The van der Waals surface area contributed by atoms with Gasteiger partial charge in [-0.25, -0.2) is 0 Å². The number of benzene rings is 1. The molecule has 0 heterocycles. The van der Waals surface area contributed by atoms with Crippen LogP contribution in [-0.4, -0.2) is 13.2 Å². The van der Waals surface area contributed by atoms with Crippen molar-refractivity contribution in [3.63, 3.8) is 0 Å². The first-order valence-corrected chi connectivity index (χ1v) is 8.14. The van der Waals surface area contributed by atoms with Crippen molar-refractivity contribution in [1.82, 2.24) is 0 Å². The van der Waals surface area contributed by atoms with Gasteiger partial charge in [-0.05, 0) is 48.3 Å². The van der Waals surface area contributed by atoms with Gasteiger partial charge in [0.2, 0.25) is 0 Å². The lowest BCUT2D eigenvalue weighted by molar-refractivity contribution is 0.268. The highest BCUT2D eigenvalue weighted by molar-refractivity contribution is 5.44. The Morgan fingerprint density at radius 2 is 1.71 bits per heavy atom. The van der Waals surface area contributed by atoms with Gasteiger partial charge in [0.1, 0.15) is 0 Å². The van der Waals surface area contributed by atoms with Crippen LogP contribution in [0.5, 0.6) is 11.5 Å². The van der Waals surface area contributed by atoms with Crippen molar-refractivity contribution in [3.8, 4) is 11.5 Å². The molecule has 0 spiro atoms. The smallest absolute Gasteiger partial charge is 0.161 e. The second-order valence-electron chi connectivity index (χ2n) is 6.73. The fourth-order valence-electron chi connectivity index (χ4n) is 2.74. The molecule has 21 heavy (non-hydrogen) atoms. The van der Waals surface area contributed by atoms with Crippen LogP contribution in [0.2, 0.25) is 0 Å². The topological polar surface area (TPSA) is 44.5 Å². The highest BCUT2D eigenvalue weighted by atomic mass is 16.5. The maximum atomic E-state index is 6.43. The van der Waals surface area contributed by atoms with Crippen molar-refractivity contribution < 1.29 is 9.47 Å². The molecule has 1 aliphatic rings. The molecule has 0 saturated heterocycles. The van der Waals surface area contributed by atoms with Crippen molar-refractivity contribution in [3.05, 3.63) is 23.8 Å². The van der Waals surface area contributed by atoms with Gasteiger partial charge in [0, 0.05) is 6.04 Å². The Hall–Kier alpha value is -1.22. The molecule has 1 fully saturated rings. The molecule has 0 bridgehead atoms. The monoisotopic (exact) mass is 291 g/mol. The zero-order chi connectivity index (χ0) is 15.5. The minimum Gasteiger partial charge on any atom is -0.490 e. The van der Waals surface area contributed by atoms with Crippen LogP contribution in [0.3, 0.4) is 0 Å². The Bertz CT molecular complexity index is 470. The van der Waals surface area contributed by atoms with E-state index in [0.29, 0.717) is 24.5 Å². The van der Waals surface area contributed by atoms with Gasteiger partial charge in [-0.15, -0.1) is 0 Å². The molecule has 2 unspecified atom stereocenters. The molecule has 1 aromatic carbocycles. The molecule has 118 valence electrons. The first-order chi connectivity index (χ1) is 9.99. The third-order valence-electron chi connectivity index (χ3n) is 4.30. The number of hydrogen-bond acceptors (Lipinski definition) is 3. The summed E-state index contributed by atoms with van der Waals surface area (Å²) in [4.78, 5) is 0. The van der Waals surface area contributed by atoms with Crippen LogP contribution in [0.4, 0.5) is 0 Å². The lowest BCUT2D eigenvalue weighted by Crippen LogP contribution is -2.15. The minimum atomic E-state index is 0.0872. The van der Waals surface area contributed by atoms with Crippen molar-refractivity contribution >= 4 is 0 Å². The van der Waals surface area contributed by atoms with E-state index >= 15 is 0 Å². The fraction of sp³-hybridized carbons (Fsp3) is 0.667. The molecule has 0 aliphatic heterocycles. The Morgan fingerprint density at radius 3 is 2.24 bits per heavy atom. The van der Waals surface area contributed by atoms with Crippen LogP contribution in [0.25, 0.3) is 0 Å². The Kier molecular flexibility index (Phi) is 5.15. The number of ether oxygens (including phenoxy) is 2. The average molecular weight is 291 g/mol. The van der Waals surface area contributed by atoms with Crippen LogP contribution < -0.4 is 15.2 Å². The lowest BCUT2D eigenvalue weighted by Gasteiger charge is -2.18. The van der Waals surface area contributed by atoms with Crippen molar-refractivity contribution in [2.75, 3.05) is 13.2 Å². The van der Waals surface area contributed by atoms with Crippen molar-refractivity contribution in [2.24, 2.45) is 17.1 Å². The first kappa shape index (κ1) is 16.2. The summed E-state index contributed by atoms with van der Waals surface area (Å²) in [6, 6.07) is 6.25. The van der Waals surface area contributed by atoms with E-state index in [1.807, 2.05) is 6.07 Å². The summed E-state index contributed by atoms with van der Waals surface area (Å²) in [6.45, 7) is 10.2. The van der Waals surface area contributed by atoms with Gasteiger partial charge in [-0.1, -0.05) is 33.8 Å². The molecule has 2 N–H and O–H groups in total. The molecule has 1 saturated carbocycles. The highest BCUT2D eigenvalue weighted by Gasteiger charge is 2.49. The standard InChI is InChI=1S/C18H29NO2/c1-5-9-20-15-8-7-13(11-16(15)21-10-6-2)17(19)14-12-18(14,3)4/h7-8,11,14,17H,5-6,9-10,12,19H2,1-4H3. The second kappa shape index (κ2) is 6.69. The predicted octanol–water partition coefficient (Wildman–Crippen LogP) is 4.31. The number of hydrogen-bond donors (Lipinski definition) is 1. The van der Waals surface area contributed by atoms with E-state index in [0.717, 1.165) is 29.9 Å². The molecule has 2 rings (SSSR count). The number of rotatable bonds is 8. The van der Waals surface area contributed by atoms with Gasteiger partial charge in [0.05, 0.1) is 13.2 Å². The van der Waals surface area contributed by atoms with E-state index in [1.165, 1.54) is 6.42 Å². The molecule has 3 heteroatoms. The average Bonchev–Trinajstić information content (AvgIpc) is 3.11. The van der Waals surface area contributed by atoms with Crippen molar-refractivity contribution in [1.29, 1.82) is 0 Å². The summed E-state index contributed by atoms with van der Waals surface area (Å²) in [5, 5.41) is 0. The molecule has 0 amide bonds. The number of nitrogens with two attached hydrogens (primary N) is 1. The molecule has 2 atom stereocenters. The molecular weight excluding hydrogens is 262 g/mol. The van der Waals surface area contributed by atoms with Gasteiger partial charge >= 0.3 is 0 Å². The largest absolute Gasteiger partial charge is 0.490 e. The van der Waals surface area contributed by atoms with Crippen molar-refractivity contribution in [2.45, 2.75) is 53.0 Å². The molecule has 3 nitrogen and oxygen atoms in total. The summed E-state index contributed by atoms with van der Waals surface area (Å²) in [5.41, 5.74) is 7.96. The van der Waals surface area contributed by atoms with E-state index in [-0.39, 0.29) is 6.04 Å². The summed E-state index contributed by atoms with van der Waals surface area (Å²) in [7, 11) is 0. The lowest BCUT2D eigenvalue weighted by atomic mass is 9.97. The molecule has 0 radical (unpaired) electrons. The van der Waals surface area contributed by atoms with Gasteiger partial charge < -0.3 is 15.2 Å². The van der Waals surface area contributed by atoms with E-state index < -0.39 is 0 Å². The van der Waals surface area contributed by atoms with E-state index in [9.17, 15) is 0 Å². The zero-order valence-corrected chi connectivity index (χ0v) is 13.8. The normalized spacial score (nSPS) is 20.9. The maximum absolute atomic E-state index is 6.43. The summed E-state index contributed by atoms with van der Waals surface area (Å²) >= 11 is 0. The summed E-state index contributed by atoms with van der Waals surface area (Å²) in [5.74, 6) is 2.23. The van der Waals surface area contributed by atoms with Gasteiger partial charge in [-0.2, -0.15) is 0 Å². The molecule has 0 aromatic heterocycles. The second-order valence-corrected chi connectivity index (χ2v) is 6.73.